The Hall–Kier alpha value is -1.69. The third-order valence-corrected chi connectivity index (χ3v) is 6.88. The molecular formula is C23H30BrNO4. The third-order valence-electron chi connectivity index (χ3n) is 6.35. The molecule has 1 aromatic carbocycles. The van der Waals surface area contributed by atoms with Crippen LogP contribution in [0.3, 0.4) is 0 Å². The van der Waals surface area contributed by atoms with E-state index >= 15 is 0 Å². The van der Waals surface area contributed by atoms with Gasteiger partial charge >= 0.3 is 5.97 Å². The largest absolute Gasteiger partial charge is 0.459 e. The molecular weight excluding hydrogens is 434 g/mol. The molecule has 0 radical (unpaired) electrons. The van der Waals surface area contributed by atoms with Gasteiger partial charge in [-0.2, -0.15) is 0 Å². The lowest BCUT2D eigenvalue weighted by Gasteiger charge is -2.33. The second kappa shape index (κ2) is 8.99. The number of ketones is 1. The van der Waals surface area contributed by atoms with Crippen molar-refractivity contribution in [3.8, 4) is 0 Å². The Balaban J connectivity index is 1.86. The molecule has 158 valence electrons. The fourth-order valence-electron chi connectivity index (χ4n) is 4.89. The van der Waals surface area contributed by atoms with E-state index in [1.165, 1.54) is 6.42 Å². The number of ether oxygens (including phenoxy) is 1. The summed E-state index contributed by atoms with van der Waals surface area (Å²) in [6.45, 7) is 5.54. The lowest BCUT2D eigenvalue weighted by molar-refractivity contribution is -0.150. The topological polar surface area (TPSA) is 72.5 Å². The predicted octanol–water partition coefficient (Wildman–Crippen LogP) is 4.67. The Morgan fingerprint density at radius 1 is 1.17 bits per heavy atom. The smallest absolute Gasteiger partial charge is 0.319 e. The van der Waals surface area contributed by atoms with E-state index in [0.717, 1.165) is 30.2 Å². The zero-order chi connectivity index (χ0) is 21.2. The molecule has 0 spiro atoms. The molecule has 3 atom stereocenters. The summed E-state index contributed by atoms with van der Waals surface area (Å²) < 4.78 is 6.51. The van der Waals surface area contributed by atoms with Crippen molar-refractivity contribution in [3.05, 3.63) is 34.3 Å². The second-order valence-corrected chi connectivity index (χ2v) is 9.67. The van der Waals surface area contributed by atoms with Crippen molar-refractivity contribution in [3.63, 3.8) is 0 Å². The summed E-state index contributed by atoms with van der Waals surface area (Å²) in [6.07, 6.45) is 5.79. The number of cyclic esters (lactones) is 1. The lowest BCUT2D eigenvalue weighted by atomic mass is 9.70. The molecule has 29 heavy (non-hydrogen) atoms. The van der Waals surface area contributed by atoms with Crippen LogP contribution in [0.1, 0.15) is 69.7 Å². The van der Waals surface area contributed by atoms with Crippen LogP contribution in [0.2, 0.25) is 0 Å². The number of rotatable bonds is 6. The maximum atomic E-state index is 13.3. The molecule has 6 heteroatoms. The van der Waals surface area contributed by atoms with Crippen LogP contribution < -0.4 is 5.32 Å². The maximum absolute atomic E-state index is 13.3. The molecule has 1 aliphatic heterocycles. The third kappa shape index (κ3) is 4.73. The summed E-state index contributed by atoms with van der Waals surface area (Å²) in [4.78, 5) is 39.1. The Morgan fingerprint density at radius 2 is 1.79 bits per heavy atom. The standard InChI is InChI=1S/C23H30BrNO4/c1-4-17(20(26)14-10-12-15(24)13-11-14)19-18(22(28)29-23(19,2)3)21(27)25-16-8-6-5-7-9-16/h10-13,16-19H,4-9H2,1-3H3,(H,25,27)/t17-,18+,19-/m1/s1. The van der Waals surface area contributed by atoms with Gasteiger partial charge in [-0.05, 0) is 45.2 Å². The van der Waals surface area contributed by atoms with E-state index in [4.69, 9.17) is 4.74 Å². The van der Waals surface area contributed by atoms with Gasteiger partial charge in [0.15, 0.2) is 5.78 Å². The van der Waals surface area contributed by atoms with Gasteiger partial charge in [-0.25, -0.2) is 0 Å². The average molecular weight is 464 g/mol. The second-order valence-electron chi connectivity index (χ2n) is 8.76. The molecule has 1 aliphatic carbocycles. The molecule has 1 aromatic rings. The van der Waals surface area contributed by atoms with Crippen molar-refractivity contribution in [2.24, 2.45) is 17.8 Å². The molecule has 2 fully saturated rings. The highest BCUT2D eigenvalue weighted by atomic mass is 79.9. The van der Waals surface area contributed by atoms with Crippen molar-refractivity contribution in [1.82, 2.24) is 5.32 Å². The van der Waals surface area contributed by atoms with Crippen molar-refractivity contribution >= 4 is 33.6 Å². The van der Waals surface area contributed by atoms with Crippen LogP contribution in [0, 0.1) is 17.8 Å². The summed E-state index contributed by atoms with van der Waals surface area (Å²) in [5.74, 6) is -2.78. The first kappa shape index (κ1) is 22.0. The minimum atomic E-state index is -0.948. The summed E-state index contributed by atoms with van der Waals surface area (Å²) >= 11 is 3.39. The van der Waals surface area contributed by atoms with Crippen LogP contribution >= 0.6 is 15.9 Å². The Bertz CT molecular complexity index is 768. The van der Waals surface area contributed by atoms with Gasteiger partial charge < -0.3 is 10.1 Å². The number of benzene rings is 1. The molecule has 1 saturated carbocycles. The van der Waals surface area contributed by atoms with Gasteiger partial charge in [0.2, 0.25) is 5.91 Å². The molecule has 1 amide bonds. The molecule has 1 N–H and O–H groups in total. The Morgan fingerprint density at radius 3 is 2.38 bits per heavy atom. The van der Waals surface area contributed by atoms with Gasteiger partial charge in [-0.1, -0.05) is 54.2 Å². The number of hydrogen-bond acceptors (Lipinski definition) is 4. The zero-order valence-electron chi connectivity index (χ0n) is 17.4. The van der Waals surface area contributed by atoms with E-state index in [9.17, 15) is 14.4 Å². The lowest BCUT2D eigenvalue weighted by Crippen LogP contribution is -2.47. The fraction of sp³-hybridized carbons (Fsp3) is 0.609. The molecule has 1 saturated heterocycles. The van der Waals surface area contributed by atoms with Gasteiger partial charge in [-0.15, -0.1) is 0 Å². The highest BCUT2D eigenvalue weighted by Gasteiger charge is 2.57. The quantitative estimate of drug-likeness (QED) is 0.377. The maximum Gasteiger partial charge on any atom is 0.319 e. The van der Waals surface area contributed by atoms with Crippen LogP contribution in [0.4, 0.5) is 0 Å². The molecule has 0 unspecified atom stereocenters. The minimum Gasteiger partial charge on any atom is -0.459 e. The molecule has 0 bridgehead atoms. The van der Waals surface area contributed by atoms with Crippen LogP contribution in [0.15, 0.2) is 28.7 Å². The minimum absolute atomic E-state index is 0.0492. The van der Waals surface area contributed by atoms with E-state index in [0.29, 0.717) is 12.0 Å². The van der Waals surface area contributed by atoms with Crippen molar-refractivity contribution in [2.45, 2.75) is 70.9 Å². The van der Waals surface area contributed by atoms with Gasteiger partial charge in [-0.3, -0.25) is 14.4 Å². The Labute approximate surface area is 181 Å². The molecule has 0 aromatic heterocycles. The first-order chi connectivity index (χ1) is 13.7. The van der Waals surface area contributed by atoms with Crippen molar-refractivity contribution in [2.75, 3.05) is 0 Å². The molecule has 1 heterocycles. The van der Waals surface area contributed by atoms with E-state index in [2.05, 4.69) is 21.2 Å². The number of nitrogens with one attached hydrogen (secondary N) is 1. The van der Waals surface area contributed by atoms with Crippen LogP contribution in [-0.4, -0.2) is 29.3 Å². The first-order valence-corrected chi connectivity index (χ1v) is 11.4. The number of halogens is 1. The van der Waals surface area contributed by atoms with Crippen LogP contribution in [0.25, 0.3) is 0 Å². The van der Waals surface area contributed by atoms with Crippen molar-refractivity contribution < 1.29 is 19.1 Å². The first-order valence-electron chi connectivity index (χ1n) is 10.6. The summed E-state index contributed by atoms with van der Waals surface area (Å²) in [7, 11) is 0. The number of hydrogen-bond donors (Lipinski definition) is 1. The molecule has 5 nitrogen and oxygen atoms in total. The van der Waals surface area contributed by atoms with Gasteiger partial charge in [0, 0.05) is 27.9 Å². The molecule has 2 aliphatic rings. The van der Waals surface area contributed by atoms with Crippen LogP contribution in [-0.2, 0) is 14.3 Å². The van der Waals surface area contributed by atoms with Gasteiger partial charge in [0.05, 0.1) is 0 Å². The van der Waals surface area contributed by atoms with E-state index in [1.54, 1.807) is 26.0 Å². The van der Waals surface area contributed by atoms with E-state index in [1.807, 2.05) is 19.1 Å². The van der Waals surface area contributed by atoms with Crippen molar-refractivity contribution in [1.29, 1.82) is 0 Å². The van der Waals surface area contributed by atoms with Gasteiger partial charge in [0.1, 0.15) is 11.5 Å². The highest BCUT2D eigenvalue weighted by Crippen LogP contribution is 2.44. The zero-order valence-corrected chi connectivity index (χ0v) is 19.0. The van der Waals surface area contributed by atoms with Gasteiger partial charge in [0.25, 0.3) is 0 Å². The Kier molecular flexibility index (Phi) is 6.82. The summed E-state index contributed by atoms with van der Waals surface area (Å²) in [5.41, 5.74) is -0.293. The summed E-state index contributed by atoms with van der Waals surface area (Å²) in [6, 6.07) is 7.31. The van der Waals surface area contributed by atoms with E-state index in [-0.39, 0.29) is 17.7 Å². The van der Waals surface area contributed by atoms with E-state index < -0.39 is 29.3 Å². The number of amides is 1. The summed E-state index contributed by atoms with van der Waals surface area (Å²) in [5, 5.41) is 3.07. The fourth-order valence-corrected chi connectivity index (χ4v) is 5.16. The normalized spacial score (nSPS) is 25.3. The predicted molar refractivity (Wildman–Crippen MR) is 114 cm³/mol. The van der Waals surface area contributed by atoms with Crippen LogP contribution in [0.5, 0.6) is 0 Å². The number of Topliss-reactive ketones (excluding diaryl/α,β-unsaturated/α-hetero) is 1. The highest BCUT2D eigenvalue weighted by molar-refractivity contribution is 9.10. The number of carbonyl (C=O) groups excluding carboxylic acids is 3. The average Bonchev–Trinajstić information content (AvgIpc) is 2.92. The number of esters is 1. The number of carbonyl (C=O) groups is 3. The monoisotopic (exact) mass is 463 g/mol. The SMILES string of the molecule is CC[C@@H](C(=O)c1ccc(Br)cc1)[C@@H]1[C@@H](C(=O)NC2CCCCC2)C(=O)OC1(C)C. The molecule has 3 rings (SSSR count).